The molecule has 1 aliphatic rings. The van der Waals surface area contributed by atoms with Crippen LogP contribution >= 0.6 is 42.4 Å². The standard InChI is InChI=1S/C53H40IN.C36H26N2.C16H14IN/c1-36-37(2)55(46-18-10-5-11-19-46)52-33-31-45(35-50(36)52)54(43-27-22-39(23-28-43)38-14-6-3-7-15-38)44-29-24-40(25-30-44)42-26-32-49-51(34-42)47-20-12-13-21-48(47)53(49)41-16-8-4-9-17-41;1-3-9-26(10-4-1)27-15-20-30(21-16-27)37-31-22-17-28(18-23-31)29-19-24-36-34(25-29)33-13-7-8-14-35(33)38(36)32-11-5-2-6-12-32;1-11-12(2)18(14-6-4-3-5-7-14)16-9-8-13(17)10-15(11)16/h3-35,53H,1-2H3;1-25,37H;3-10H,1-2H3. The van der Waals surface area contributed by atoms with Crippen LogP contribution in [0.25, 0.3) is 116 Å². The third kappa shape index (κ3) is 13.9. The molecular formula is C105H80I2N4. The molecule has 0 saturated carbocycles. The summed E-state index contributed by atoms with van der Waals surface area (Å²) in [6, 6.07) is 146. The van der Waals surface area contributed by atoms with Crippen LogP contribution in [0.3, 0.4) is 0 Å². The molecule has 19 aromatic rings. The van der Waals surface area contributed by atoms with Gasteiger partial charge in [0, 0.05) is 48.2 Å². The second kappa shape index (κ2) is 31.0. The van der Waals surface area contributed by atoms with Crippen LogP contribution in [0.2, 0.25) is 0 Å². The predicted molar refractivity (Wildman–Crippen MR) is 486 cm³/mol. The fourth-order valence-corrected chi connectivity index (χ4v) is 22.2. The summed E-state index contributed by atoms with van der Waals surface area (Å²) in [7, 11) is 0. The molecule has 0 bridgehead atoms. The Hall–Kier alpha value is -12.3. The van der Waals surface area contributed by atoms with E-state index in [2.05, 4.69) is 464 Å². The van der Waals surface area contributed by atoms with Crippen molar-refractivity contribution in [3.05, 3.63) is 454 Å². The Bertz CT molecular complexity index is 6530. The number of hydrogen-bond acceptors (Lipinski definition) is 1. The second-order valence-corrected chi connectivity index (χ2v) is 35.1. The van der Waals surface area contributed by atoms with Gasteiger partial charge in [0.25, 0.3) is 0 Å². The molecule has 1 aliphatic carbocycles. The Balaban J connectivity index is 0.000000132. The van der Waals surface area contributed by atoms with Gasteiger partial charge >= 0.3 is 327 Å². The molecule has 20 rings (SSSR count). The minimum Gasteiger partial charge on any atom is -0.356 e. The largest absolute Gasteiger partial charge is 0.356 e. The van der Waals surface area contributed by atoms with E-state index in [-0.39, 0.29) is 5.92 Å². The summed E-state index contributed by atoms with van der Waals surface area (Å²) in [5, 5.41) is 8.76. The summed E-state index contributed by atoms with van der Waals surface area (Å²) in [4.78, 5) is 0. The number of anilines is 2. The van der Waals surface area contributed by atoms with E-state index in [0.717, 1.165) is 11.4 Å². The van der Waals surface area contributed by atoms with Crippen LogP contribution in [-0.4, -0.2) is 13.7 Å². The third-order valence-corrected chi connectivity index (χ3v) is 28.5. The quantitative estimate of drug-likeness (QED) is 0.114. The minimum absolute atomic E-state index is 0.263. The van der Waals surface area contributed by atoms with Gasteiger partial charge in [0.2, 0.25) is 0 Å². The number of halogens is 2. The van der Waals surface area contributed by atoms with Crippen molar-refractivity contribution >= 4 is 97.4 Å². The normalized spacial score (nSPS) is 12.3. The van der Waals surface area contributed by atoms with Gasteiger partial charge < -0.3 is 14.5 Å². The summed E-state index contributed by atoms with van der Waals surface area (Å²) in [5.41, 5.74) is 32.8. The Morgan fingerprint density at radius 3 is 1.18 bits per heavy atom. The van der Waals surface area contributed by atoms with Crippen molar-refractivity contribution in [2.75, 3.05) is 5.32 Å². The maximum atomic E-state index is 3.53. The van der Waals surface area contributed by atoms with Crippen LogP contribution in [0.5, 0.6) is 0 Å². The van der Waals surface area contributed by atoms with Gasteiger partial charge in [-0.3, -0.25) is 0 Å². The molecule has 0 aliphatic heterocycles. The molecule has 0 amide bonds. The summed E-state index contributed by atoms with van der Waals surface area (Å²) >= 11 is 0.267. The van der Waals surface area contributed by atoms with Crippen LogP contribution < -0.4 is 5.32 Å². The number of fused-ring (bicyclic) bond motifs is 8. The number of nitrogens with zero attached hydrogens (tertiary/aromatic N) is 3. The molecule has 16 aromatic carbocycles. The summed E-state index contributed by atoms with van der Waals surface area (Å²) in [6.07, 6.45) is 0. The van der Waals surface area contributed by atoms with Gasteiger partial charge in [-0.1, -0.05) is 121 Å². The average Bonchev–Trinajstić information content (AvgIpc) is 1.61. The minimum atomic E-state index is -2.10. The van der Waals surface area contributed by atoms with E-state index in [0.29, 0.717) is 0 Å². The number of rotatable bonds is 13. The Kier molecular flexibility index (Phi) is 19.6. The Morgan fingerprint density at radius 1 is 0.261 bits per heavy atom. The van der Waals surface area contributed by atoms with Crippen molar-refractivity contribution in [3.63, 3.8) is 0 Å². The van der Waals surface area contributed by atoms with E-state index in [4.69, 9.17) is 0 Å². The second-order valence-electron chi connectivity index (χ2n) is 28.5. The van der Waals surface area contributed by atoms with Gasteiger partial charge in [-0.15, -0.1) is 0 Å². The van der Waals surface area contributed by atoms with Crippen molar-refractivity contribution in [1.82, 2.24) is 13.7 Å². The Morgan fingerprint density at radius 2 is 0.631 bits per heavy atom. The van der Waals surface area contributed by atoms with E-state index in [1.807, 2.05) is 6.07 Å². The maximum absolute atomic E-state index is 3.53. The van der Waals surface area contributed by atoms with E-state index in [1.165, 1.54) is 170 Å². The first-order valence-corrected chi connectivity index (χ1v) is 42.3. The van der Waals surface area contributed by atoms with Crippen LogP contribution in [-0.2, 0) is 0 Å². The predicted octanol–water partition coefficient (Wildman–Crippen LogP) is 28.9. The SMILES string of the molecule is Cc1c(C)n(-c2ccccc2)c2ccc(I(c3ccc(-c4ccccc4)cc3)c3ccc(-c4ccc5c(c4)-c4ccccc4C5c4ccccc4)cc3)cc12.Cc1c(C)n(-c2ccccc2)c2ccc(I)cc12.c1ccc(-c2ccc(Nc3ccc(-c4ccc5c(c4)c4ccccc4n5-c4ccccc4)cc3)cc2)cc1. The van der Waals surface area contributed by atoms with Crippen molar-refractivity contribution < 1.29 is 0 Å². The van der Waals surface area contributed by atoms with Gasteiger partial charge in [-0.05, 0) is 149 Å². The molecular weight excluding hydrogens is 1570 g/mol. The average molecular weight is 1650 g/mol. The first-order chi connectivity index (χ1) is 54.6. The molecule has 111 heavy (non-hydrogen) atoms. The van der Waals surface area contributed by atoms with Gasteiger partial charge in [-0.25, -0.2) is 0 Å². The van der Waals surface area contributed by atoms with Crippen LogP contribution in [0.15, 0.2) is 400 Å². The molecule has 534 valence electrons. The molecule has 3 aromatic heterocycles. The summed E-state index contributed by atoms with van der Waals surface area (Å²) in [6.45, 7) is 8.92. The molecule has 3 heterocycles. The molecule has 6 heteroatoms. The first kappa shape index (κ1) is 70.3. The van der Waals surface area contributed by atoms with Crippen LogP contribution in [0.4, 0.5) is 11.4 Å². The zero-order valence-electron chi connectivity index (χ0n) is 62.3. The zero-order chi connectivity index (χ0) is 74.9. The van der Waals surface area contributed by atoms with Gasteiger partial charge in [0.05, 0.1) is 16.6 Å². The van der Waals surface area contributed by atoms with Gasteiger partial charge in [0.15, 0.2) is 0 Å². The van der Waals surface area contributed by atoms with E-state index in [1.54, 1.807) is 0 Å². The topological polar surface area (TPSA) is 26.8 Å². The van der Waals surface area contributed by atoms with E-state index in [9.17, 15) is 0 Å². The van der Waals surface area contributed by atoms with E-state index < -0.39 is 19.8 Å². The number of benzene rings is 16. The molecule has 0 spiro atoms. The number of hydrogen-bond donors (Lipinski definition) is 1. The van der Waals surface area contributed by atoms with Gasteiger partial charge in [0.1, 0.15) is 0 Å². The zero-order valence-corrected chi connectivity index (χ0v) is 66.6. The molecule has 0 fully saturated rings. The van der Waals surface area contributed by atoms with Crippen molar-refractivity contribution in [1.29, 1.82) is 0 Å². The fourth-order valence-electron chi connectivity index (χ4n) is 16.3. The summed E-state index contributed by atoms with van der Waals surface area (Å²) in [5.74, 6) is 0.263. The number of para-hydroxylation sites is 4. The first-order valence-electron chi connectivity index (χ1n) is 38.0. The van der Waals surface area contributed by atoms with Gasteiger partial charge in [-0.2, -0.15) is 0 Å². The molecule has 1 unspecified atom stereocenters. The van der Waals surface area contributed by atoms with Crippen molar-refractivity contribution in [2.45, 2.75) is 33.6 Å². The number of aromatic nitrogens is 3. The molecule has 0 saturated heterocycles. The van der Waals surface area contributed by atoms with Crippen molar-refractivity contribution in [2.24, 2.45) is 0 Å². The van der Waals surface area contributed by atoms with E-state index >= 15 is 0 Å². The third-order valence-electron chi connectivity index (χ3n) is 22.0. The number of aryl methyl sites for hydroxylation is 2. The Labute approximate surface area is 670 Å². The summed E-state index contributed by atoms with van der Waals surface area (Å²) < 4.78 is 12.7. The van der Waals surface area contributed by atoms with Crippen molar-refractivity contribution in [3.8, 4) is 72.7 Å². The number of nitrogens with one attached hydrogen (secondary N) is 1. The molecule has 1 N–H and O–H groups in total. The fraction of sp³-hybridized carbons (Fsp3) is 0.0476. The molecule has 0 radical (unpaired) electrons. The van der Waals surface area contributed by atoms with Crippen LogP contribution in [0.1, 0.15) is 45.1 Å². The molecule has 4 nitrogen and oxygen atoms in total. The smallest absolute Gasteiger partial charge is 0.0541 e. The maximum Gasteiger partial charge on any atom is 0.0541 e. The monoisotopic (exact) mass is 1650 g/mol. The van der Waals surface area contributed by atoms with Crippen LogP contribution in [0, 0.1) is 42.0 Å². The molecule has 1 atom stereocenters.